The zero-order chi connectivity index (χ0) is 15.3. The van der Waals surface area contributed by atoms with E-state index in [1.165, 1.54) is 0 Å². The zero-order valence-corrected chi connectivity index (χ0v) is 13.5. The average molecular weight is 268 g/mol. The van der Waals surface area contributed by atoms with E-state index in [1.807, 2.05) is 27.7 Å². The van der Waals surface area contributed by atoms with Gasteiger partial charge in [-0.3, -0.25) is 9.59 Å². The fraction of sp³-hybridized carbons (Fsp3) is 0.857. The van der Waals surface area contributed by atoms with Gasteiger partial charge in [0.1, 0.15) is 5.66 Å². The summed E-state index contributed by atoms with van der Waals surface area (Å²) in [6.07, 6.45) is 1.43. The van der Waals surface area contributed by atoms with Crippen molar-refractivity contribution in [2.24, 2.45) is 11.3 Å². The Balaban J connectivity index is 4.97. The van der Waals surface area contributed by atoms with Gasteiger partial charge in [-0.25, -0.2) is 0 Å². The van der Waals surface area contributed by atoms with Crippen LogP contribution in [0.2, 0.25) is 6.82 Å². The molecule has 0 aromatic heterocycles. The van der Waals surface area contributed by atoms with Crippen LogP contribution in [-0.2, 0) is 4.79 Å². The first-order valence-electron chi connectivity index (χ1n) is 7.28. The molecule has 0 aromatic rings. The smallest absolute Gasteiger partial charge is 0.230 e. The second kappa shape index (κ2) is 6.97. The fourth-order valence-corrected chi connectivity index (χ4v) is 1.83. The van der Waals surface area contributed by atoms with Crippen molar-refractivity contribution >= 4 is 19.0 Å². The van der Waals surface area contributed by atoms with Gasteiger partial charge < -0.3 is 10.6 Å². The molecule has 0 bridgehead atoms. The van der Waals surface area contributed by atoms with Crippen LogP contribution in [0.4, 0.5) is 4.79 Å². The lowest BCUT2D eigenvalue weighted by Gasteiger charge is -2.38. The predicted octanol–water partition coefficient (Wildman–Crippen LogP) is 2.50. The first kappa shape index (κ1) is 18.0. The molecule has 0 aromatic carbocycles. The number of hydrogen-bond donors (Lipinski definition) is 2. The van der Waals surface area contributed by atoms with E-state index in [2.05, 4.69) is 24.5 Å². The lowest BCUT2D eigenvalue weighted by Crippen LogP contribution is -2.61. The van der Waals surface area contributed by atoms with E-state index >= 15 is 0 Å². The number of rotatable bonds is 7. The highest BCUT2D eigenvalue weighted by molar-refractivity contribution is 6.72. The molecule has 0 radical (unpaired) electrons. The Morgan fingerprint density at radius 2 is 1.63 bits per heavy atom. The van der Waals surface area contributed by atoms with Crippen molar-refractivity contribution in [2.75, 3.05) is 0 Å². The van der Waals surface area contributed by atoms with Crippen molar-refractivity contribution in [1.29, 1.82) is 0 Å². The Morgan fingerprint density at radius 1 is 1.11 bits per heavy atom. The van der Waals surface area contributed by atoms with Gasteiger partial charge in [-0.05, 0) is 25.7 Å². The van der Waals surface area contributed by atoms with Crippen LogP contribution >= 0.6 is 0 Å². The molecule has 5 heteroatoms. The normalized spacial score (nSPS) is 17.3. The second-order valence-electron chi connectivity index (χ2n) is 5.97. The summed E-state index contributed by atoms with van der Waals surface area (Å²) in [5.41, 5.74) is -1.08. The minimum absolute atomic E-state index is 0.00533. The van der Waals surface area contributed by atoms with E-state index in [0.29, 0.717) is 13.7 Å². The SMILES string of the molecule is CBC(=O)NC(C)(CC)NC(=O)C(C)(CC)C(C)C. The molecule has 0 spiro atoms. The third kappa shape index (κ3) is 4.55. The number of nitrogens with one attached hydrogen (secondary N) is 2. The molecule has 0 aliphatic carbocycles. The maximum Gasteiger partial charge on any atom is 0.230 e. The lowest BCUT2D eigenvalue weighted by atomic mass is 9.75. The van der Waals surface area contributed by atoms with Crippen LogP contribution in [0.5, 0.6) is 0 Å². The molecular weight excluding hydrogens is 239 g/mol. The van der Waals surface area contributed by atoms with Crippen LogP contribution in [0, 0.1) is 11.3 Å². The summed E-state index contributed by atoms with van der Waals surface area (Å²) < 4.78 is 0. The summed E-state index contributed by atoms with van der Waals surface area (Å²) in [7, 11) is 0.417. The van der Waals surface area contributed by atoms with Crippen molar-refractivity contribution in [1.82, 2.24) is 10.6 Å². The molecule has 0 heterocycles. The molecule has 110 valence electrons. The fourth-order valence-electron chi connectivity index (χ4n) is 1.83. The van der Waals surface area contributed by atoms with Gasteiger partial charge in [0.05, 0.1) is 0 Å². The van der Waals surface area contributed by atoms with Crippen LogP contribution in [-0.4, -0.2) is 24.7 Å². The van der Waals surface area contributed by atoms with Crippen LogP contribution in [0.25, 0.3) is 0 Å². The highest BCUT2D eigenvalue weighted by atomic mass is 16.2. The highest BCUT2D eigenvalue weighted by Crippen LogP contribution is 2.31. The predicted molar refractivity (Wildman–Crippen MR) is 81.6 cm³/mol. The topological polar surface area (TPSA) is 58.2 Å². The molecule has 2 atom stereocenters. The Hall–Kier alpha value is -0.995. The number of amides is 2. The van der Waals surface area contributed by atoms with E-state index in [9.17, 15) is 9.59 Å². The Kier molecular flexibility index (Phi) is 6.60. The van der Waals surface area contributed by atoms with Gasteiger partial charge in [-0.2, -0.15) is 0 Å². The summed E-state index contributed by atoms with van der Waals surface area (Å²) in [6, 6.07) is 0. The zero-order valence-electron chi connectivity index (χ0n) is 13.5. The molecule has 0 aliphatic rings. The lowest BCUT2D eigenvalue weighted by molar-refractivity contribution is -0.135. The van der Waals surface area contributed by atoms with Gasteiger partial charge >= 0.3 is 0 Å². The van der Waals surface area contributed by atoms with Gasteiger partial charge in [0, 0.05) is 5.41 Å². The summed E-state index contributed by atoms with van der Waals surface area (Å²) in [5.74, 6) is 0.207. The Bertz CT molecular complexity index is 333. The van der Waals surface area contributed by atoms with E-state index < -0.39 is 11.1 Å². The molecule has 0 saturated heterocycles. The number of hydrogen-bond acceptors (Lipinski definition) is 2. The summed E-state index contributed by atoms with van der Waals surface area (Å²) in [4.78, 5) is 24.1. The van der Waals surface area contributed by atoms with Gasteiger partial charge in [-0.1, -0.05) is 41.4 Å². The summed E-state index contributed by atoms with van der Waals surface area (Å²) >= 11 is 0. The van der Waals surface area contributed by atoms with Gasteiger partial charge in [0.15, 0.2) is 5.81 Å². The molecule has 19 heavy (non-hydrogen) atoms. The Morgan fingerprint density at radius 3 is 1.95 bits per heavy atom. The molecule has 0 rings (SSSR count). The molecule has 2 N–H and O–H groups in total. The van der Waals surface area contributed by atoms with Gasteiger partial charge in [-0.15, -0.1) is 0 Å². The molecule has 0 fully saturated rings. The number of carbonyl (C=O) groups is 2. The van der Waals surface area contributed by atoms with Crippen molar-refractivity contribution in [3.63, 3.8) is 0 Å². The molecule has 0 saturated carbocycles. The second-order valence-corrected chi connectivity index (χ2v) is 5.97. The van der Waals surface area contributed by atoms with Gasteiger partial charge in [0.25, 0.3) is 0 Å². The first-order chi connectivity index (χ1) is 8.65. The van der Waals surface area contributed by atoms with E-state index in [-0.39, 0.29) is 17.6 Å². The quantitative estimate of drug-likeness (QED) is 0.550. The average Bonchev–Trinajstić information content (AvgIpc) is 2.36. The van der Waals surface area contributed by atoms with Crippen LogP contribution in [0.3, 0.4) is 0 Å². The van der Waals surface area contributed by atoms with Crippen LogP contribution in [0.1, 0.15) is 54.4 Å². The highest BCUT2D eigenvalue weighted by Gasteiger charge is 2.38. The molecule has 4 nitrogen and oxygen atoms in total. The Labute approximate surface area is 118 Å². The summed E-state index contributed by atoms with van der Waals surface area (Å²) in [5, 5.41) is 5.90. The summed E-state index contributed by atoms with van der Waals surface area (Å²) in [6.45, 7) is 13.7. The van der Waals surface area contributed by atoms with Crippen molar-refractivity contribution in [3.8, 4) is 0 Å². The van der Waals surface area contributed by atoms with E-state index in [4.69, 9.17) is 0 Å². The minimum Gasteiger partial charge on any atom is -0.343 e. The maximum absolute atomic E-state index is 12.5. The van der Waals surface area contributed by atoms with Crippen LogP contribution in [0.15, 0.2) is 0 Å². The maximum atomic E-state index is 12.5. The monoisotopic (exact) mass is 268 g/mol. The molecular formula is C14H29BN2O2. The molecule has 2 amide bonds. The van der Waals surface area contributed by atoms with E-state index in [0.717, 1.165) is 6.42 Å². The largest absolute Gasteiger partial charge is 0.343 e. The molecule has 2 unspecified atom stereocenters. The third-order valence-corrected chi connectivity index (χ3v) is 4.36. The standard InChI is InChI=1S/C14H29BN2O2/c1-8-13(5,10(3)4)11(18)16-14(6,9-2)17-12(19)15-7/h10,15H,8-9H2,1-7H3,(H,16,18)(H,17,19). The van der Waals surface area contributed by atoms with Crippen molar-refractivity contribution in [2.45, 2.75) is 66.9 Å². The van der Waals surface area contributed by atoms with E-state index in [1.54, 1.807) is 6.82 Å². The first-order valence-corrected chi connectivity index (χ1v) is 7.28. The van der Waals surface area contributed by atoms with Crippen LogP contribution < -0.4 is 10.6 Å². The van der Waals surface area contributed by atoms with Gasteiger partial charge in [0.2, 0.25) is 13.2 Å². The van der Waals surface area contributed by atoms with Crippen molar-refractivity contribution < 1.29 is 9.59 Å². The van der Waals surface area contributed by atoms with Crippen molar-refractivity contribution in [3.05, 3.63) is 0 Å². The number of carbonyl (C=O) groups excluding carboxylic acids is 2. The minimum atomic E-state index is -0.671. The third-order valence-electron chi connectivity index (χ3n) is 4.36. The molecule has 0 aliphatic heterocycles.